The van der Waals surface area contributed by atoms with Crippen LogP contribution in [0.4, 0.5) is 0 Å². The number of methoxy groups -OCH3 is 2. The molecule has 1 atom stereocenters. The number of carbonyl (C=O) groups excluding carboxylic acids is 1. The van der Waals surface area contributed by atoms with Gasteiger partial charge in [-0.2, -0.15) is 0 Å². The number of para-hydroxylation sites is 1. The molecule has 0 aromatic heterocycles. The molecule has 0 saturated carbocycles. The molecule has 0 aliphatic carbocycles. The number of fused-ring (bicyclic) bond motifs is 1. The Balaban J connectivity index is 1.62. The molecule has 3 rings (SSSR count). The molecule has 1 N–H and O–H groups in total. The first-order valence-corrected chi connectivity index (χ1v) is 8.94. The molecule has 1 amide bonds. The summed E-state index contributed by atoms with van der Waals surface area (Å²) in [6.07, 6.45) is 1.05. The standard InChI is InChI=1S/C21H26N2O3/c1-15(23-12-11-16-7-4-5-8-17(16)14-23)13-22-21(24)18-9-6-10-19(25-2)20(18)26-3/h4-10,15H,11-14H2,1-3H3,(H,22,24). The summed E-state index contributed by atoms with van der Waals surface area (Å²) in [5.74, 6) is 0.873. The summed E-state index contributed by atoms with van der Waals surface area (Å²) in [6, 6.07) is 14.2. The summed E-state index contributed by atoms with van der Waals surface area (Å²) in [7, 11) is 3.11. The van der Waals surface area contributed by atoms with Gasteiger partial charge in [-0.3, -0.25) is 9.69 Å². The summed E-state index contributed by atoms with van der Waals surface area (Å²) in [4.78, 5) is 15.0. The van der Waals surface area contributed by atoms with Gasteiger partial charge in [0.05, 0.1) is 19.8 Å². The highest BCUT2D eigenvalue weighted by Crippen LogP contribution is 2.30. The zero-order chi connectivity index (χ0) is 18.5. The number of nitrogens with one attached hydrogen (secondary N) is 1. The Kier molecular flexibility index (Phi) is 5.78. The Morgan fingerprint density at radius 2 is 1.88 bits per heavy atom. The fourth-order valence-corrected chi connectivity index (χ4v) is 3.42. The average molecular weight is 354 g/mol. The van der Waals surface area contributed by atoms with Gasteiger partial charge in [0.2, 0.25) is 0 Å². The van der Waals surface area contributed by atoms with E-state index in [0.29, 0.717) is 23.6 Å². The van der Waals surface area contributed by atoms with Crippen LogP contribution >= 0.6 is 0 Å². The van der Waals surface area contributed by atoms with Crippen molar-refractivity contribution < 1.29 is 14.3 Å². The van der Waals surface area contributed by atoms with Gasteiger partial charge in [0.15, 0.2) is 11.5 Å². The molecule has 138 valence electrons. The van der Waals surface area contributed by atoms with Gasteiger partial charge in [-0.1, -0.05) is 30.3 Å². The molecule has 1 unspecified atom stereocenters. The third kappa shape index (κ3) is 3.83. The van der Waals surface area contributed by atoms with Crippen molar-refractivity contribution in [1.29, 1.82) is 0 Å². The molecule has 5 heteroatoms. The fraction of sp³-hybridized carbons (Fsp3) is 0.381. The third-order valence-electron chi connectivity index (χ3n) is 4.99. The highest BCUT2D eigenvalue weighted by atomic mass is 16.5. The zero-order valence-corrected chi connectivity index (χ0v) is 15.6. The minimum Gasteiger partial charge on any atom is -0.493 e. The van der Waals surface area contributed by atoms with Gasteiger partial charge >= 0.3 is 0 Å². The summed E-state index contributed by atoms with van der Waals surface area (Å²) < 4.78 is 10.6. The van der Waals surface area contributed by atoms with Crippen molar-refractivity contribution in [3.05, 3.63) is 59.2 Å². The number of hydrogen-bond donors (Lipinski definition) is 1. The molecule has 0 bridgehead atoms. The molecule has 2 aromatic rings. The van der Waals surface area contributed by atoms with Crippen molar-refractivity contribution in [2.24, 2.45) is 0 Å². The van der Waals surface area contributed by atoms with E-state index in [2.05, 4.69) is 41.4 Å². The first-order chi connectivity index (χ1) is 12.6. The van der Waals surface area contributed by atoms with Gasteiger partial charge in [-0.05, 0) is 36.6 Å². The minimum absolute atomic E-state index is 0.148. The quantitative estimate of drug-likeness (QED) is 0.867. The van der Waals surface area contributed by atoms with Crippen LogP contribution in [0, 0.1) is 0 Å². The van der Waals surface area contributed by atoms with Crippen molar-refractivity contribution in [2.75, 3.05) is 27.3 Å². The second-order valence-corrected chi connectivity index (χ2v) is 6.59. The number of carbonyl (C=O) groups is 1. The number of ether oxygens (including phenoxy) is 2. The first kappa shape index (κ1) is 18.3. The highest BCUT2D eigenvalue weighted by Gasteiger charge is 2.22. The van der Waals surface area contributed by atoms with Crippen molar-refractivity contribution in [2.45, 2.75) is 25.9 Å². The molecule has 0 saturated heterocycles. The maximum atomic E-state index is 12.6. The number of benzene rings is 2. The predicted molar refractivity (Wildman–Crippen MR) is 102 cm³/mol. The Morgan fingerprint density at radius 1 is 1.12 bits per heavy atom. The van der Waals surface area contributed by atoms with Crippen LogP contribution in [0.25, 0.3) is 0 Å². The second kappa shape index (κ2) is 8.23. The van der Waals surface area contributed by atoms with Crippen LogP contribution in [0.5, 0.6) is 11.5 Å². The van der Waals surface area contributed by atoms with Crippen LogP contribution in [0.15, 0.2) is 42.5 Å². The fourth-order valence-electron chi connectivity index (χ4n) is 3.42. The number of hydrogen-bond acceptors (Lipinski definition) is 4. The lowest BCUT2D eigenvalue weighted by Gasteiger charge is -2.33. The summed E-state index contributed by atoms with van der Waals surface area (Å²) >= 11 is 0. The molecule has 1 aliphatic heterocycles. The van der Waals surface area contributed by atoms with Crippen molar-refractivity contribution in [3.8, 4) is 11.5 Å². The van der Waals surface area contributed by atoms with Crippen LogP contribution < -0.4 is 14.8 Å². The average Bonchev–Trinajstić information content (AvgIpc) is 2.70. The molecule has 1 aliphatic rings. The van der Waals surface area contributed by atoms with Crippen molar-refractivity contribution in [3.63, 3.8) is 0 Å². The molecular weight excluding hydrogens is 328 g/mol. The number of amides is 1. The Morgan fingerprint density at radius 3 is 2.62 bits per heavy atom. The summed E-state index contributed by atoms with van der Waals surface area (Å²) in [5, 5.41) is 3.03. The molecule has 0 fully saturated rings. The second-order valence-electron chi connectivity index (χ2n) is 6.59. The van der Waals surface area contributed by atoms with E-state index < -0.39 is 0 Å². The number of nitrogens with zero attached hydrogens (tertiary/aromatic N) is 1. The van der Waals surface area contributed by atoms with Gasteiger partial charge in [0.25, 0.3) is 5.91 Å². The van der Waals surface area contributed by atoms with Crippen molar-refractivity contribution in [1.82, 2.24) is 10.2 Å². The van der Waals surface area contributed by atoms with E-state index in [0.717, 1.165) is 19.5 Å². The molecule has 1 heterocycles. The maximum absolute atomic E-state index is 12.6. The van der Waals surface area contributed by atoms with Crippen LogP contribution in [0.1, 0.15) is 28.4 Å². The third-order valence-corrected chi connectivity index (χ3v) is 4.99. The predicted octanol–water partition coefficient (Wildman–Crippen LogP) is 2.88. The van der Waals surface area contributed by atoms with E-state index >= 15 is 0 Å². The number of rotatable bonds is 6. The van der Waals surface area contributed by atoms with E-state index in [9.17, 15) is 4.79 Å². The SMILES string of the molecule is COc1cccc(C(=O)NCC(C)N2CCc3ccccc3C2)c1OC. The van der Waals surface area contributed by atoms with Crippen LogP contribution in [0.2, 0.25) is 0 Å². The zero-order valence-electron chi connectivity index (χ0n) is 15.6. The van der Waals surface area contributed by atoms with E-state index in [1.807, 2.05) is 0 Å². The van der Waals surface area contributed by atoms with E-state index in [4.69, 9.17) is 9.47 Å². The Bertz CT molecular complexity index is 776. The topological polar surface area (TPSA) is 50.8 Å². The van der Waals surface area contributed by atoms with Gasteiger partial charge in [-0.25, -0.2) is 0 Å². The smallest absolute Gasteiger partial charge is 0.255 e. The van der Waals surface area contributed by atoms with E-state index in [1.165, 1.54) is 11.1 Å². The highest BCUT2D eigenvalue weighted by molar-refractivity contribution is 5.97. The van der Waals surface area contributed by atoms with Crippen molar-refractivity contribution >= 4 is 5.91 Å². The van der Waals surface area contributed by atoms with E-state index in [1.54, 1.807) is 32.4 Å². The van der Waals surface area contributed by atoms with Gasteiger partial charge in [0.1, 0.15) is 0 Å². The minimum atomic E-state index is -0.148. The summed E-state index contributed by atoms with van der Waals surface area (Å²) in [5.41, 5.74) is 3.30. The largest absolute Gasteiger partial charge is 0.493 e. The normalized spacial score (nSPS) is 15.0. The molecule has 0 spiro atoms. The molecule has 5 nitrogen and oxygen atoms in total. The molecule has 2 aromatic carbocycles. The Hall–Kier alpha value is -2.53. The Labute approximate surface area is 154 Å². The monoisotopic (exact) mass is 354 g/mol. The van der Waals surface area contributed by atoms with Crippen LogP contribution in [-0.2, 0) is 13.0 Å². The maximum Gasteiger partial charge on any atom is 0.255 e. The van der Waals surface area contributed by atoms with Crippen LogP contribution in [-0.4, -0.2) is 44.2 Å². The molecular formula is C21H26N2O3. The lowest BCUT2D eigenvalue weighted by atomic mass is 9.99. The molecule has 0 radical (unpaired) electrons. The first-order valence-electron chi connectivity index (χ1n) is 8.94. The van der Waals surface area contributed by atoms with Gasteiger partial charge < -0.3 is 14.8 Å². The molecule has 26 heavy (non-hydrogen) atoms. The lowest BCUT2D eigenvalue weighted by Crippen LogP contribution is -2.44. The lowest BCUT2D eigenvalue weighted by molar-refractivity contribution is 0.0929. The van der Waals surface area contributed by atoms with Crippen LogP contribution in [0.3, 0.4) is 0 Å². The van der Waals surface area contributed by atoms with Gasteiger partial charge in [0, 0.05) is 25.7 Å². The van der Waals surface area contributed by atoms with E-state index in [-0.39, 0.29) is 11.9 Å². The van der Waals surface area contributed by atoms with Gasteiger partial charge in [-0.15, -0.1) is 0 Å². The summed E-state index contributed by atoms with van der Waals surface area (Å²) in [6.45, 7) is 4.67.